The summed E-state index contributed by atoms with van der Waals surface area (Å²) in [5, 5.41) is 3.22. The smallest absolute Gasteiger partial charge is 0.145 e. The third-order valence-corrected chi connectivity index (χ3v) is 1.64. The summed E-state index contributed by atoms with van der Waals surface area (Å²) >= 11 is 11.1. The number of halogens is 2. The summed E-state index contributed by atoms with van der Waals surface area (Å²) in [5.74, 6) is 0. The first-order chi connectivity index (χ1) is 4.75. The maximum Gasteiger partial charge on any atom is 0.145 e. The van der Waals surface area contributed by atoms with Gasteiger partial charge in [0, 0.05) is 0 Å². The van der Waals surface area contributed by atoms with E-state index in [1.54, 1.807) is 18.2 Å². The number of rotatable bonds is 1. The summed E-state index contributed by atoms with van der Waals surface area (Å²) in [6, 6.07) is 4.77. The molecule has 0 N–H and O–H groups in total. The number of nitroso groups, excluding NO2 is 1. The third kappa shape index (κ3) is 1.28. The van der Waals surface area contributed by atoms with Crippen molar-refractivity contribution in [3.8, 4) is 0 Å². The van der Waals surface area contributed by atoms with Crippen molar-refractivity contribution in [2.75, 3.05) is 0 Å². The molecule has 0 aliphatic rings. The van der Waals surface area contributed by atoms with Crippen molar-refractivity contribution in [1.29, 1.82) is 0 Å². The van der Waals surface area contributed by atoms with Gasteiger partial charge in [-0.2, -0.15) is 0 Å². The predicted molar refractivity (Wildman–Crippen MR) is 41.9 cm³/mol. The van der Waals surface area contributed by atoms with Crippen LogP contribution in [0, 0.1) is 4.91 Å². The third-order valence-electron chi connectivity index (χ3n) is 1.03. The molecule has 0 atom stereocenters. The summed E-state index contributed by atoms with van der Waals surface area (Å²) in [7, 11) is 0. The van der Waals surface area contributed by atoms with Crippen LogP contribution < -0.4 is 0 Å². The van der Waals surface area contributed by atoms with Crippen LogP contribution in [0.1, 0.15) is 0 Å². The molecule has 0 saturated carbocycles. The zero-order valence-corrected chi connectivity index (χ0v) is 6.36. The van der Waals surface area contributed by atoms with Gasteiger partial charge in [0.25, 0.3) is 0 Å². The molecular formula is C6H3Cl2NO. The molecule has 0 amide bonds. The molecule has 4 heteroatoms. The fourth-order valence-electron chi connectivity index (χ4n) is 0.576. The lowest BCUT2D eigenvalue weighted by Gasteiger charge is -1.94. The molecule has 52 valence electrons. The molecule has 0 aromatic heterocycles. The first-order valence-electron chi connectivity index (χ1n) is 2.53. The highest BCUT2D eigenvalue weighted by Crippen LogP contribution is 2.31. The van der Waals surface area contributed by atoms with Crippen molar-refractivity contribution < 1.29 is 0 Å². The number of nitrogens with zero attached hydrogens (tertiary/aromatic N) is 1. The van der Waals surface area contributed by atoms with Crippen molar-refractivity contribution in [3.05, 3.63) is 33.2 Å². The van der Waals surface area contributed by atoms with Crippen LogP contribution in [0.25, 0.3) is 0 Å². The first-order valence-corrected chi connectivity index (χ1v) is 3.28. The maximum absolute atomic E-state index is 10.0. The van der Waals surface area contributed by atoms with Crippen LogP contribution in [0.15, 0.2) is 23.4 Å². The van der Waals surface area contributed by atoms with Gasteiger partial charge in [0.1, 0.15) is 5.69 Å². The van der Waals surface area contributed by atoms with Crippen LogP contribution in [0.5, 0.6) is 0 Å². The minimum atomic E-state index is 0.103. The molecule has 0 aliphatic heterocycles. The van der Waals surface area contributed by atoms with Crippen LogP contribution in [-0.4, -0.2) is 0 Å². The first kappa shape index (κ1) is 7.51. The molecule has 0 unspecified atom stereocenters. The Bertz CT molecular complexity index is 242. The van der Waals surface area contributed by atoms with Crippen molar-refractivity contribution >= 4 is 28.9 Å². The van der Waals surface area contributed by atoms with Gasteiger partial charge < -0.3 is 0 Å². The Morgan fingerprint density at radius 3 is 2.00 bits per heavy atom. The van der Waals surface area contributed by atoms with E-state index in [1.165, 1.54) is 0 Å². The van der Waals surface area contributed by atoms with Crippen LogP contribution in [0.4, 0.5) is 5.69 Å². The molecule has 10 heavy (non-hydrogen) atoms. The minimum Gasteiger partial charge on any atom is -0.145 e. The molecule has 1 rings (SSSR count). The van der Waals surface area contributed by atoms with Crippen molar-refractivity contribution in [2.24, 2.45) is 5.18 Å². The van der Waals surface area contributed by atoms with Gasteiger partial charge in [-0.1, -0.05) is 29.3 Å². The predicted octanol–water partition coefficient (Wildman–Crippen LogP) is 3.39. The van der Waals surface area contributed by atoms with Crippen LogP contribution in [-0.2, 0) is 0 Å². The fraction of sp³-hybridized carbons (Fsp3) is 0. The molecule has 0 aliphatic carbocycles. The number of hydrogen-bond acceptors (Lipinski definition) is 2. The summed E-state index contributed by atoms with van der Waals surface area (Å²) in [6.07, 6.45) is 0. The van der Waals surface area contributed by atoms with E-state index < -0.39 is 0 Å². The topological polar surface area (TPSA) is 29.4 Å². The van der Waals surface area contributed by atoms with Gasteiger partial charge in [-0.05, 0) is 17.3 Å². The van der Waals surface area contributed by atoms with Crippen molar-refractivity contribution in [1.82, 2.24) is 0 Å². The second kappa shape index (κ2) is 2.99. The van der Waals surface area contributed by atoms with Gasteiger partial charge in [-0.25, -0.2) is 0 Å². The van der Waals surface area contributed by atoms with E-state index in [9.17, 15) is 4.91 Å². The van der Waals surface area contributed by atoms with Gasteiger partial charge in [0.05, 0.1) is 10.0 Å². The zero-order chi connectivity index (χ0) is 7.56. The molecule has 0 radical (unpaired) electrons. The second-order valence-corrected chi connectivity index (χ2v) is 2.48. The molecule has 0 bridgehead atoms. The van der Waals surface area contributed by atoms with Gasteiger partial charge in [-0.15, -0.1) is 4.91 Å². The molecule has 0 spiro atoms. The molecule has 0 fully saturated rings. The molecule has 1 aromatic carbocycles. The fourth-order valence-corrected chi connectivity index (χ4v) is 1.04. The highest BCUT2D eigenvalue weighted by molar-refractivity contribution is 6.38. The quantitative estimate of drug-likeness (QED) is 0.603. The molecule has 1 aromatic rings. The van der Waals surface area contributed by atoms with Crippen molar-refractivity contribution in [2.45, 2.75) is 0 Å². The maximum atomic E-state index is 10.0. The lowest BCUT2D eigenvalue weighted by atomic mass is 10.3. The molecule has 0 heterocycles. The van der Waals surface area contributed by atoms with E-state index in [4.69, 9.17) is 23.2 Å². The van der Waals surface area contributed by atoms with Gasteiger partial charge in [-0.3, -0.25) is 0 Å². The van der Waals surface area contributed by atoms with E-state index >= 15 is 0 Å². The van der Waals surface area contributed by atoms with Gasteiger partial charge >= 0.3 is 0 Å². The van der Waals surface area contributed by atoms with Gasteiger partial charge in [0.15, 0.2) is 0 Å². The molecular weight excluding hydrogens is 173 g/mol. The highest BCUT2D eigenvalue weighted by atomic mass is 35.5. The van der Waals surface area contributed by atoms with E-state index in [0.29, 0.717) is 0 Å². The number of hydrogen-bond donors (Lipinski definition) is 0. The Labute approximate surface area is 67.7 Å². The van der Waals surface area contributed by atoms with E-state index in [2.05, 4.69) is 5.18 Å². The van der Waals surface area contributed by atoms with Crippen molar-refractivity contribution in [3.63, 3.8) is 0 Å². The lowest BCUT2D eigenvalue weighted by molar-refractivity contribution is 1.50. The Hall–Kier alpha value is -0.600. The SMILES string of the molecule is O=Nc1c(Cl)cccc1Cl. The Morgan fingerprint density at radius 2 is 1.70 bits per heavy atom. The van der Waals surface area contributed by atoms with E-state index in [0.717, 1.165) is 0 Å². The van der Waals surface area contributed by atoms with Crippen LogP contribution >= 0.6 is 23.2 Å². The average Bonchev–Trinajstić information content (AvgIpc) is 1.88. The Kier molecular flexibility index (Phi) is 2.25. The standard InChI is InChI=1S/C6H3Cl2NO/c7-4-2-1-3-5(8)6(4)9-10/h1-3H. The second-order valence-electron chi connectivity index (χ2n) is 1.66. The Balaban J connectivity index is 3.30. The lowest BCUT2D eigenvalue weighted by Crippen LogP contribution is -1.67. The summed E-state index contributed by atoms with van der Waals surface area (Å²) in [6.45, 7) is 0. The highest BCUT2D eigenvalue weighted by Gasteiger charge is 2.03. The molecule has 0 saturated heterocycles. The minimum absolute atomic E-state index is 0.103. The number of benzene rings is 1. The van der Waals surface area contributed by atoms with Crippen LogP contribution in [0.3, 0.4) is 0 Å². The summed E-state index contributed by atoms with van der Waals surface area (Å²) < 4.78 is 0. The monoisotopic (exact) mass is 175 g/mol. The molecule has 2 nitrogen and oxygen atoms in total. The largest absolute Gasteiger partial charge is 0.145 e. The van der Waals surface area contributed by atoms with Gasteiger partial charge in [0.2, 0.25) is 0 Å². The normalized spacial score (nSPS) is 9.40. The van der Waals surface area contributed by atoms with E-state index in [1.807, 2.05) is 0 Å². The van der Waals surface area contributed by atoms with Crippen LogP contribution in [0.2, 0.25) is 10.0 Å². The Morgan fingerprint density at radius 1 is 1.20 bits per heavy atom. The average molecular weight is 176 g/mol. The zero-order valence-electron chi connectivity index (χ0n) is 4.84. The van der Waals surface area contributed by atoms with E-state index in [-0.39, 0.29) is 15.7 Å². The summed E-state index contributed by atoms with van der Waals surface area (Å²) in [5.41, 5.74) is 0.103. The summed E-state index contributed by atoms with van der Waals surface area (Å²) in [4.78, 5) is 10.0.